The molecule has 1 aliphatic heterocycles. The predicted octanol–water partition coefficient (Wildman–Crippen LogP) is 2.39. The number of ether oxygens (including phenoxy) is 1. The van der Waals surface area contributed by atoms with Crippen molar-refractivity contribution in [1.29, 1.82) is 0 Å². The third-order valence-electron chi connectivity index (χ3n) is 5.38. The van der Waals surface area contributed by atoms with Crippen LogP contribution in [0.2, 0.25) is 0 Å². The van der Waals surface area contributed by atoms with E-state index in [0.29, 0.717) is 43.4 Å². The standard InChI is InChI=1S/C24H24FN5O3/c25-17-3-7-20(8-4-17)33-19-5-1-16(2-6-19)21-13-18(14-22(28-21)24(27)32)30-11-9-29(10-12-30)15-23(26)31/h1-8,13-14H,9-12,15H2,(H2,26,31)(H2,27,32). The summed E-state index contributed by atoms with van der Waals surface area (Å²) in [7, 11) is 0. The zero-order valence-electron chi connectivity index (χ0n) is 17.9. The predicted molar refractivity (Wildman–Crippen MR) is 123 cm³/mol. The summed E-state index contributed by atoms with van der Waals surface area (Å²) < 4.78 is 18.8. The van der Waals surface area contributed by atoms with Crippen LogP contribution in [0.1, 0.15) is 10.5 Å². The Morgan fingerprint density at radius 3 is 2.09 bits per heavy atom. The van der Waals surface area contributed by atoms with Crippen LogP contribution in [0.3, 0.4) is 0 Å². The normalized spacial score (nSPS) is 14.2. The van der Waals surface area contributed by atoms with E-state index in [-0.39, 0.29) is 24.0 Å². The Morgan fingerprint density at radius 2 is 1.52 bits per heavy atom. The number of pyridine rings is 1. The summed E-state index contributed by atoms with van der Waals surface area (Å²) >= 11 is 0. The SMILES string of the molecule is NC(=O)CN1CCN(c2cc(C(N)=O)nc(-c3ccc(Oc4ccc(F)cc4)cc3)c2)CC1. The van der Waals surface area contributed by atoms with E-state index in [1.165, 1.54) is 12.1 Å². The van der Waals surface area contributed by atoms with Gasteiger partial charge >= 0.3 is 0 Å². The van der Waals surface area contributed by atoms with Crippen molar-refractivity contribution in [3.05, 3.63) is 72.2 Å². The lowest BCUT2D eigenvalue weighted by Gasteiger charge is -2.35. The third kappa shape index (κ3) is 5.64. The molecule has 2 aromatic carbocycles. The van der Waals surface area contributed by atoms with Crippen molar-refractivity contribution in [2.45, 2.75) is 0 Å². The van der Waals surface area contributed by atoms with Crippen LogP contribution in [0.15, 0.2) is 60.7 Å². The van der Waals surface area contributed by atoms with Gasteiger partial charge in [-0.3, -0.25) is 14.5 Å². The Bertz CT molecular complexity index is 1140. The molecule has 33 heavy (non-hydrogen) atoms. The molecule has 4 rings (SSSR count). The van der Waals surface area contributed by atoms with E-state index in [0.717, 1.165) is 11.3 Å². The van der Waals surface area contributed by atoms with Crippen LogP contribution in [0, 0.1) is 5.82 Å². The van der Waals surface area contributed by atoms with Gasteiger partial charge in [0, 0.05) is 37.4 Å². The molecule has 0 unspecified atom stereocenters. The lowest BCUT2D eigenvalue weighted by atomic mass is 10.1. The van der Waals surface area contributed by atoms with E-state index >= 15 is 0 Å². The molecule has 8 nitrogen and oxygen atoms in total. The minimum Gasteiger partial charge on any atom is -0.457 e. The second-order valence-corrected chi connectivity index (χ2v) is 7.77. The average Bonchev–Trinajstić information content (AvgIpc) is 2.81. The fraction of sp³-hybridized carbons (Fsp3) is 0.208. The van der Waals surface area contributed by atoms with Crippen LogP contribution in [0.5, 0.6) is 11.5 Å². The Labute approximate surface area is 190 Å². The number of rotatable bonds is 7. The van der Waals surface area contributed by atoms with Gasteiger partial charge in [-0.15, -0.1) is 0 Å². The second-order valence-electron chi connectivity index (χ2n) is 7.77. The van der Waals surface area contributed by atoms with E-state index in [2.05, 4.69) is 9.88 Å². The van der Waals surface area contributed by atoms with Crippen molar-refractivity contribution in [3.63, 3.8) is 0 Å². The summed E-state index contributed by atoms with van der Waals surface area (Å²) in [5.74, 6) is -0.180. The molecule has 0 saturated carbocycles. The molecule has 4 N–H and O–H groups in total. The summed E-state index contributed by atoms with van der Waals surface area (Å²) in [6.07, 6.45) is 0. The first-order valence-electron chi connectivity index (χ1n) is 10.5. The molecule has 9 heteroatoms. The Hall–Kier alpha value is -3.98. The van der Waals surface area contributed by atoms with Gasteiger partial charge in [0.15, 0.2) is 0 Å². The molecular formula is C24H24FN5O3. The van der Waals surface area contributed by atoms with Gasteiger partial charge in [0.25, 0.3) is 5.91 Å². The number of amides is 2. The summed E-state index contributed by atoms with van der Waals surface area (Å²) in [4.78, 5) is 31.6. The van der Waals surface area contributed by atoms with Crippen LogP contribution in [-0.4, -0.2) is 54.4 Å². The molecule has 0 spiro atoms. The molecule has 1 aromatic heterocycles. The van der Waals surface area contributed by atoms with Crippen LogP contribution in [0.4, 0.5) is 10.1 Å². The van der Waals surface area contributed by atoms with E-state index in [4.69, 9.17) is 16.2 Å². The highest BCUT2D eigenvalue weighted by molar-refractivity contribution is 5.92. The number of halogens is 1. The number of piperazine rings is 1. The highest BCUT2D eigenvalue weighted by atomic mass is 19.1. The Balaban J connectivity index is 1.53. The molecule has 1 aliphatic rings. The molecule has 3 aromatic rings. The average molecular weight is 449 g/mol. The van der Waals surface area contributed by atoms with Gasteiger partial charge in [-0.25, -0.2) is 9.37 Å². The van der Waals surface area contributed by atoms with E-state index in [1.807, 2.05) is 23.1 Å². The number of primary amides is 2. The minimum atomic E-state index is -0.610. The van der Waals surface area contributed by atoms with Crippen molar-refractivity contribution in [2.24, 2.45) is 11.5 Å². The summed E-state index contributed by atoms with van der Waals surface area (Å²) in [6, 6.07) is 16.6. The van der Waals surface area contributed by atoms with Crippen LogP contribution in [0.25, 0.3) is 11.3 Å². The summed E-state index contributed by atoms with van der Waals surface area (Å²) in [6.45, 7) is 2.96. The van der Waals surface area contributed by atoms with Gasteiger partial charge in [-0.05, 0) is 60.7 Å². The van der Waals surface area contributed by atoms with E-state index in [1.54, 1.807) is 30.3 Å². The topological polar surface area (TPSA) is 115 Å². The van der Waals surface area contributed by atoms with Gasteiger partial charge in [-0.1, -0.05) is 0 Å². The second kappa shape index (κ2) is 9.66. The zero-order chi connectivity index (χ0) is 23.4. The first-order valence-corrected chi connectivity index (χ1v) is 10.5. The van der Waals surface area contributed by atoms with Crippen LogP contribution >= 0.6 is 0 Å². The number of anilines is 1. The van der Waals surface area contributed by atoms with Crippen molar-refractivity contribution in [1.82, 2.24) is 9.88 Å². The van der Waals surface area contributed by atoms with Gasteiger partial charge in [0.05, 0.1) is 12.2 Å². The number of carbonyl (C=O) groups excluding carboxylic acids is 2. The number of carbonyl (C=O) groups is 2. The molecular weight excluding hydrogens is 425 g/mol. The number of nitrogens with zero attached hydrogens (tertiary/aromatic N) is 3. The highest BCUT2D eigenvalue weighted by Gasteiger charge is 2.20. The van der Waals surface area contributed by atoms with Crippen molar-refractivity contribution in [3.8, 4) is 22.8 Å². The summed E-state index contributed by atoms with van der Waals surface area (Å²) in [5, 5.41) is 0. The molecule has 0 radical (unpaired) electrons. The van der Waals surface area contributed by atoms with Gasteiger partial charge in [-0.2, -0.15) is 0 Å². The molecule has 0 bridgehead atoms. The monoisotopic (exact) mass is 449 g/mol. The Kier molecular flexibility index (Phi) is 6.50. The number of nitrogens with two attached hydrogens (primary N) is 2. The largest absolute Gasteiger partial charge is 0.457 e. The number of hydrogen-bond acceptors (Lipinski definition) is 6. The van der Waals surface area contributed by atoms with Crippen LogP contribution in [-0.2, 0) is 4.79 Å². The fourth-order valence-electron chi connectivity index (χ4n) is 3.69. The molecule has 0 aliphatic carbocycles. The molecule has 2 heterocycles. The molecule has 0 atom stereocenters. The maximum atomic E-state index is 13.1. The molecule has 1 saturated heterocycles. The smallest absolute Gasteiger partial charge is 0.267 e. The number of benzene rings is 2. The van der Waals surface area contributed by atoms with E-state index in [9.17, 15) is 14.0 Å². The summed E-state index contributed by atoms with van der Waals surface area (Å²) in [5.41, 5.74) is 13.2. The van der Waals surface area contributed by atoms with Gasteiger partial charge in [0.2, 0.25) is 5.91 Å². The van der Waals surface area contributed by atoms with Gasteiger partial charge < -0.3 is 21.1 Å². The van der Waals surface area contributed by atoms with Crippen molar-refractivity contribution >= 4 is 17.5 Å². The molecule has 1 fully saturated rings. The molecule has 2 amide bonds. The first kappa shape index (κ1) is 22.2. The number of hydrogen-bond donors (Lipinski definition) is 2. The Morgan fingerprint density at radius 1 is 0.909 bits per heavy atom. The maximum absolute atomic E-state index is 13.1. The van der Waals surface area contributed by atoms with Crippen molar-refractivity contribution in [2.75, 3.05) is 37.6 Å². The minimum absolute atomic E-state index is 0.175. The van der Waals surface area contributed by atoms with E-state index < -0.39 is 5.91 Å². The van der Waals surface area contributed by atoms with Crippen molar-refractivity contribution < 1.29 is 18.7 Å². The number of aromatic nitrogens is 1. The van der Waals surface area contributed by atoms with Crippen LogP contribution < -0.4 is 21.1 Å². The third-order valence-corrected chi connectivity index (χ3v) is 5.38. The lowest BCUT2D eigenvalue weighted by Crippen LogP contribution is -2.49. The molecule has 170 valence electrons. The maximum Gasteiger partial charge on any atom is 0.267 e. The van der Waals surface area contributed by atoms with Gasteiger partial charge in [0.1, 0.15) is 23.0 Å². The quantitative estimate of drug-likeness (QED) is 0.572. The fourth-order valence-corrected chi connectivity index (χ4v) is 3.69. The highest BCUT2D eigenvalue weighted by Crippen LogP contribution is 2.28. The zero-order valence-corrected chi connectivity index (χ0v) is 17.9. The first-order chi connectivity index (χ1) is 15.9. The lowest BCUT2D eigenvalue weighted by molar-refractivity contribution is -0.119.